The van der Waals surface area contributed by atoms with Crippen molar-refractivity contribution in [2.45, 2.75) is 39.0 Å². The second-order valence-corrected chi connectivity index (χ2v) is 8.08. The van der Waals surface area contributed by atoms with Crippen molar-refractivity contribution in [2.75, 3.05) is 6.54 Å². The monoisotopic (exact) mass is 417 g/mol. The molecule has 1 aromatic heterocycles. The van der Waals surface area contributed by atoms with Gasteiger partial charge in [0.2, 0.25) is 5.43 Å². The van der Waals surface area contributed by atoms with E-state index in [0.29, 0.717) is 25.3 Å². The number of carbonyl (C=O) groups excluding carboxylic acids is 1. The summed E-state index contributed by atoms with van der Waals surface area (Å²) in [4.78, 5) is 27.1. The summed E-state index contributed by atoms with van der Waals surface area (Å²) in [5.74, 6) is -0.776. The van der Waals surface area contributed by atoms with Crippen LogP contribution in [0.5, 0.6) is 5.75 Å². The number of nitrogens with zero attached hydrogens (tertiary/aromatic N) is 2. The second kappa shape index (κ2) is 8.78. The normalized spacial score (nSPS) is 13.7. The number of hydrogen-bond donors (Lipinski definition) is 2. The topological polar surface area (TPSA) is 74.6 Å². The number of fused-ring (bicyclic) bond motifs is 1. The molecule has 0 unspecified atom stereocenters. The van der Waals surface area contributed by atoms with E-state index in [2.05, 4.69) is 29.6 Å². The Bertz CT molecular complexity index is 1080. The van der Waals surface area contributed by atoms with E-state index in [1.165, 1.54) is 6.07 Å². The molecule has 1 amide bonds. The smallest absolute Gasteiger partial charge is 0.274 e. The summed E-state index contributed by atoms with van der Waals surface area (Å²) in [5, 5.41) is 13.9. The maximum atomic E-state index is 13.0. The maximum Gasteiger partial charge on any atom is 0.274 e. The Morgan fingerprint density at radius 2 is 1.52 bits per heavy atom. The largest absolute Gasteiger partial charge is 0.503 e. The average molecular weight is 418 g/mol. The molecule has 31 heavy (non-hydrogen) atoms. The molecule has 0 aliphatic carbocycles. The Morgan fingerprint density at radius 1 is 0.935 bits per heavy atom. The first-order valence-corrected chi connectivity index (χ1v) is 10.6. The maximum absolute atomic E-state index is 13.0. The van der Waals surface area contributed by atoms with E-state index >= 15 is 0 Å². The predicted molar refractivity (Wildman–Crippen MR) is 120 cm³/mol. The van der Waals surface area contributed by atoms with Crippen LogP contribution in [0.4, 0.5) is 0 Å². The van der Waals surface area contributed by atoms with Crippen molar-refractivity contribution < 1.29 is 9.90 Å². The molecule has 0 spiro atoms. The van der Waals surface area contributed by atoms with Crippen LogP contribution in [-0.4, -0.2) is 33.1 Å². The summed E-state index contributed by atoms with van der Waals surface area (Å²) in [6, 6.07) is 21.6. The summed E-state index contributed by atoms with van der Waals surface area (Å²) in [5.41, 5.74) is 2.45. The van der Waals surface area contributed by atoms with E-state index < -0.39 is 11.2 Å². The van der Waals surface area contributed by atoms with E-state index in [1.807, 2.05) is 50.2 Å². The summed E-state index contributed by atoms with van der Waals surface area (Å²) in [7, 11) is 0. The molecular formula is C25H27N3O3. The highest BCUT2D eigenvalue weighted by atomic mass is 16.3. The van der Waals surface area contributed by atoms with Gasteiger partial charge in [-0.3, -0.25) is 9.59 Å². The first-order valence-electron chi connectivity index (χ1n) is 10.6. The lowest BCUT2D eigenvalue weighted by atomic mass is 9.98. The minimum absolute atomic E-state index is 0.00178. The van der Waals surface area contributed by atoms with Crippen molar-refractivity contribution in [3.05, 3.63) is 99.5 Å². The van der Waals surface area contributed by atoms with Crippen molar-refractivity contribution in [3.63, 3.8) is 0 Å². The highest BCUT2D eigenvalue weighted by Crippen LogP contribution is 2.25. The van der Waals surface area contributed by atoms with Crippen LogP contribution in [0.1, 0.15) is 47.2 Å². The minimum atomic E-state index is -0.530. The molecule has 6 heteroatoms. The number of aromatic hydroxyl groups is 1. The van der Waals surface area contributed by atoms with Crippen LogP contribution in [0.3, 0.4) is 0 Å². The highest BCUT2D eigenvalue weighted by Gasteiger charge is 2.31. The number of nitrogens with one attached hydrogen (secondary N) is 1. The first kappa shape index (κ1) is 20.9. The predicted octanol–water partition coefficient (Wildman–Crippen LogP) is 3.30. The standard InChI is InChI=1S/C25H27N3O3/c1-17(2)27-13-14-28-20(15-21(29)24(30)23(28)25(27)31)16-26-22(18-9-5-3-6-10-18)19-11-7-4-8-12-19/h3-12,15,17,22,26,30H,13-14,16H2,1-2H3. The zero-order chi connectivity index (χ0) is 22.0. The van der Waals surface area contributed by atoms with Crippen LogP contribution in [0.15, 0.2) is 71.5 Å². The molecule has 0 saturated heterocycles. The molecule has 2 N–H and O–H groups in total. The Morgan fingerprint density at radius 3 is 2.06 bits per heavy atom. The lowest BCUT2D eigenvalue weighted by Gasteiger charge is -2.34. The summed E-state index contributed by atoms with van der Waals surface area (Å²) in [6.45, 7) is 5.31. The molecule has 0 saturated carbocycles. The zero-order valence-corrected chi connectivity index (χ0v) is 17.8. The molecule has 0 bridgehead atoms. The van der Waals surface area contributed by atoms with Gasteiger partial charge in [-0.1, -0.05) is 60.7 Å². The van der Waals surface area contributed by atoms with Crippen molar-refractivity contribution in [1.82, 2.24) is 14.8 Å². The summed E-state index contributed by atoms with van der Waals surface area (Å²) >= 11 is 0. The van der Waals surface area contributed by atoms with E-state index in [1.54, 1.807) is 9.47 Å². The summed E-state index contributed by atoms with van der Waals surface area (Å²) < 4.78 is 1.78. The van der Waals surface area contributed by atoms with Crippen LogP contribution in [0.2, 0.25) is 0 Å². The molecule has 1 aliphatic rings. The van der Waals surface area contributed by atoms with Crippen molar-refractivity contribution in [3.8, 4) is 5.75 Å². The van der Waals surface area contributed by atoms with Crippen LogP contribution in [0, 0.1) is 0 Å². The molecule has 0 fully saturated rings. The van der Waals surface area contributed by atoms with Gasteiger partial charge >= 0.3 is 0 Å². The third kappa shape index (κ3) is 4.11. The quantitative estimate of drug-likeness (QED) is 0.645. The van der Waals surface area contributed by atoms with E-state index in [-0.39, 0.29) is 23.7 Å². The van der Waals surface area contributed by atoms with Crippen molar-refractivity contribution in [1.29, 1.82) is 0 Å². The Balaban J connectivity index is 1.69. The van der Waals surface area contributed by atoms with Gasteiger partial charge in [0.1, 0.15) is 0 Å². The Labute approximate surface area is 181 Å². The number of aromatic nitrogens is 1. The van der Waals surface area contributed by atoms with Gasteiger partial charge in [0.15, 0.2) is 11.4 Å². The zero-order valence-electron chi connectivity index (χ0n) is 17.8. The van der Waals surface area contributed by atoms with Gasteiger partial charge in [0.25, 0.3) is 5.91 Å². The Kier molecular flexibility index (Phi) is 5.91. The van der Waals surface area contributed by atoms with Crippen LogP contribution in [0.25, 0.3) is 0 Å². The fourth-order valence-electron chi connectivity index (χ4n) is 4.17. The van der Waals surface area contributed by atoms with Crippen molar-refractivity contribution in [2.24, 2.45) is 0 Å². The van der Waals surface area contributed by atoms with Crippen LogP contribution >= 0.6 is 0 Å². The molecule has 4 rings (SSSR count). The molecule has 0 radical (unpaired) electrons. The van der Waals surface area contributed by atoms with Gasteiger partial charge in [-0.05, 0) is 25.0 Å². The van der Waals surface area contributed by atoms with Crippen molar-refractivity contribution >= 4 is 5.91 Å². The van der Waals surface area contributed by atoms with E-state index in [9.17, 15) is 14.7 Å². The molecule has 3 aromatic rings. The average Bonchev–Trinajstić information content (AvgIpc) is 2.78. The number of carbonyl (C=O) groups is 1. The second-order valence-electron chi connectivity index (χ2n) is 8.08. The van der Waals surface area contributed by atoms with E-state index in [0.717, 1.165) is 11.1 Å². The SMILES string of the molecule is CC(C)N1CCn2c(CNC(c3ccccc3)c3ccccc3)cc(=O)c(O)c2C1=O. The minimum Gasteiger partial charge on any atom is -0.503 e. The number of rotatable bonds is 6. The third-order valence-electron chi connectivity index (χ3n) is 5.78. The van der Waals surface area contributed by atoms with Gasteiger partial charge in [-0.15, -0.1) is 0 Å². The molecule has 160 valence electrons. The molecule has 6 nitrogen and oxygen atoms in total. The lowest BCUT2D eigenvalue weighted by Crippen LogP contribution is -2.46. The summed E-state index contributed by atoms with van der Waals surface area (Å²) in [6.07, 6.45) is 0. The third-order valence-corrected chi connectivity index (χ3v) is 5.78. The number of pyridine rings is 1. The number of hydrogen-bond acceptors (Lipinski definition) is 4. The van der Waals surface area contributed by atoms with Crippen LogP contribution < -0.4 is 10.7 Å². The fourth-order valence-corrected chi connectivity index (χ4v) is 4.17. The fraction of sp³-hybridized carbons (Fsp3) is 0.280. The molecule has 2 aromatic carbocycles. The first-order chi connectivity index (χ1) is 15.0. The number of amides is 1. The highest BCUT2D eigenvalue weighted by molar-refractivity contribution is 5.96. The molecule has 1 aliphatic heterocycles. The number of benzene rings is 2. The van der Waals surface area contributed by atoms with Crippen LogP contribution in [-0.2, 0) is 13.1 Å². The molecule has 2 heterocycles. The van der Waals surface area contributed by atoms with Gasteiger partial charge in [-0.25, -0.2) is 0 Å². The molecule has 0 atom stereocenters. The molecular weight excluding hydrogens is 390 g/mol. The van der Waals surface area contributed by atoms with Gasteiger partial charge in [0.05, 0.1) is 6.04 Å². The van der Waals surface area contributed by atoms with E-state index in [4.69, 9.17) is 0 Å². The Hall–Kier alpha value is -3.38. The van der Waals surface area contributed by atoms with Gasteiger partial charge in [-0.2, -0.15) is 0 Å². The lowest BCUT2D eigenvalue weighted by molar-refractivity contribution is 0.0639. The van der Waals surface area contributed by atoms with Gasteiger partial charge < -0.3 is 19.9 Å². The van der Waals surface area contributed by atoms with Gasteiger partial charge in [0, 0.05) is 37.4 Å².